The molecule has 97 valence electrons. The van der Waals surface area contributed by atoms with Crippen LogP contribution in [-0.2, 0) is 11.2 Å². The average molecular weight is 249 g/mol. The van der Waals surface area contributed by atoms with E-state index >= 15 is 0 Å². The van der Waals surface area contributed by atoms with Gasteiger partial charge in [-0.15, -0.1) is 0 Å². The first-order chi connectivity index (χ1) is 8.63. The van der Waals surface area contributed by atoms with Gasteiger partial charge in [0.15, 0.2) is 6.61 Å². The minimum absolute atomic E-state index is 0.0159. The molecule has 18 heavy (non-hydrogen) atoms. The lowest BCUT2D eigenvalue weighted by atomic mass is 9.79. The van der Waals surface area contributed by atoms with Crippen molar-refractivity contribution in [1.29, 1.82) is 0 Å². The first-order valence-electron chi connectivity index (χ1n) is 6.07. The number of ether oxygens (including phenoxy) is 1. The highest BCUT2D eigenvalue weighted by Crippen LogP contribution is 2.38. The summed E-state index contributed by atoms with van der Waals surface area (Å²) in [5.74, 6) is -0.362. The first kappa shape index (κ1) is 12.9. The third-order valence-corrected chi connectivity index (χ3v) is 3.39. The maximum Gasteiger partial charge on any atom is 0.341 e. The summed E-state index contributed by atoms with van der Waals surface area (Å²) < 4.78 is 5.29. The predicted octanol–water partition coefficient (Wildman–Crippen LogP) is 1.76. The molecule has 0 spiro atoms. The summed E-state index contributed by atoms with van der Waals surface area (Å²) in [6.07, 6.45) is 1.63. The summed E-state index contributed by atoms with van der Waals surface area (Å²) in [7, 11) is 0. The van der Waals surface area contributed by atoms with E-state index in [1.54, 1.807) is 6.07 Å². The van der Waals surface area contributed by atoms with Gasteiger partial charge in [-0.1, -0.05) is 19.1 Å². The van der Waals surface area contributed by atoms with Crippen LogP contribution in [0.3, 0.4) is 0 Å². The van der Waals surface area contributed by atoms with E-state index in [0.717, 1.165) is 11.1 Å². The Bertz CT molecular complexity index is 441. The Morgan fingerprint density at radius 2 is 2.28 bits per heavy atom. The SMILES string of the molecule is [CH2]C[C@@H]1c2cccc(OCC(=O)O)c2CC[C@H]1O. The lowest BCUT2D eigenvalue weighted by Crippen LogP contribution is -2.25. The third-order valence-electron chi connectivity index (χ3n) is 3.39. The molecule has 0 bridgehead atoms. The number of carboxylic acid groups (broad SMARTS) is 1. The van der Waals surface area contributed by atoms with Gasteiger partial charge in [-0.05, 0) is 36.5 Å². The van der Waals surface area contributed by atoms with Crippen molar-refractivity contribution in [1.82, 2.24) is 0 Å². The number of carboxylic acids is 1. The molecular weight excluding hydrogens is 232 g/mol. The Kier molecular flexibility index (Phi) is 3.87. The second-order valence-corrected chi connectivity index (χ2v) is 4.51. The minimum Gasteiger partial charge on any atom is -0.482 e. The van der Waals surface area contributed by atoms with Gasteiger partial charge in [-0.2, -0.15) is 0 Å². The van der Waals surface area contributed by atoms with Crippen molar-refractivity contribution >= 4 is 5.97 Å². The molecule has 0 amide bonds. The number of aliphatic carboxylic acids is 1. The number of aliphatic hydroxyl groups is 1. The third kappa shape index (κ3) is 2.48. The molecule has 1 aliphatic carbocycles. The van der Waals surface area contributed by atoms with Gasteiger partial charge in [0.2, 0.25) is 0 Å². The molecule has 2 atom stereocenters. The van der Waals surface area contributed by atoms with Crippen molar-refractivity contribution in [2.75, 3.05) is 6.61 Å². The molecule has 4 nitrogen and oxygen atoms in total. The Morgan fingerprint density at radius 1 is 1.50 bits per heavy atom. The maximum atomic E-state index is 10.5. The van der Waals surface area contributed by atoms with Crippen LogP contribution in [0, 0.1) is 6.92 Å². The topological polar surface area (TPSA) is 66.8 Å². The fourth-order valence-electron chi connectivity index (χ4n) is 2.52. The first-order valence-corrected chi connectivity index (χ1v) is 6.07. The minimum atomic E-state index is -0.989. The van der Waals surface area contributed by atoms with E-state index in [-0.39, 0.29) is 18.6 Å². The van der Waals surface area contributed by atoms with Gasteiger partial charge >= 0.3 is 5.97 Å². The van der Waals surface area contributed by atoms with Crippen LogP contribution < -0.4 is 4.74 Å². The zero-order chi connectivity index (χ0) is 13.1. The van der Waals surface area contributed by atoms with Crippen LogP contribution in [0.5, 0.6) is 5.75 Å². The van der Waals surface area contributed by atoms with Crippen LogP contribution in [0.2, 0.25) is 0 Å². The van der Waals surface area contributed by atoms with E-state index in [2.05, 4.69) is 6.92 Å². The van der Waals surface area contributed by atoms with Crippen molar-refractivity contribution < 1.29 is 19.7 Å². The highest BCUT2D eigenvalue weighted by molar-refractivity contribution is 5.68. The zero-order valence-corrected chi connectivity index (χ0v) is 10.1. The maximum absolute atomic E-state index is 10.5. The Balaban J connectivity index is 2.29. The summed E-state index contributed by atoms with van der Waals surface area (Å²) in [5, 5.41) is 18.6. The molecule has 0 fully saturated rings. The molecule has 0 saturated heterocycles. The summed E-state index contributed by atoms with van der Waals surface area (Å²) in [4.78, 5) is 10.5. The zero-order valence-electron chi connectivity index (χ0n) is 10.1. The molecule has 1 aliphatic rings. The number of benzene rings is 1. The summed E-state index contributed by atoms with van der Waals surface area (Å²) in [6, 6.07) is 5.57. The fraction of sp³-hybridized carbons (Fsp3) is 0.429. The fourth-order valence-corrected chi connectivity index (χ4v) is 2.52. The van der Waals surface area contributed by atoms with Gasteiger partial charge in [0.1, 0.15) is 5.75 Å². The van der Waals surface area contributed by atoms with Gasteiger partial charge in [-0.25, -0.2) is 4.79 Å². The normalized spacial score (nSPS) is 22.3. The molecule has 1 aromatic rings. The summed E-state index contributed by atoms with van der Waals surface area (Å²) >= 11 is 0. The molecule has 4 heteroatoms. The van der Waals surface area contributed by atoms with E-state index in [1.807, 2.05) is 12.1 Å². The second-order valence-electron chi connectivity index (χ2n) is 4.51. The molecule has 1 aromatic carbocycles. The molecule has 0 aromatic heterocycles. The van der Waals surface area contributed by atoms with Crippen molar-refractivity contribution in [3.63, 3.8) is 0 Å². The molecule has 0 aliphatic heterocycles. The standard InChI is InChI=1S/C14H17O4/c1-2-9-10-4-3-5-13(18-8-14(16)17)11(10)6-7-12(9)15/h3-5,9,12,15H,1-2,6-8H2,(H,16,17)/t9-,12-/m1/s1. The Hall–Kier alpha value is -1.55. The lowest BCUT2D eigenvalue weighted by Gasteiger charge is -2.30. The van der Waals surface area contributed by atoms with Crippen molar-refractivity contribution in [2.24, 2.45) is 0 Å². The molecule has 0 saturated carbocycles. The van der Waals surface area contributed by atoms with E-state index in [4.69, 9.17) is 9.84 Å². The largest absolute Gasteiger partial charge is 0.482 e. The van der Waals surface area contributed by atoms with E-state index in [9.17, 15) is 9.90 Å². The second kappa shape index (κ2) is 5.40. The number of hydrogen-bond donors (Lipinski definition) is 2. The van der Waals surface area contributed by atoms with Crippen molar-refractivity contribution in [3.8, 4) is 5.75 Å². The molecule has 2 rings (SSSR count). The number of rotatable bonds is 4. The van der Waals surface area contributed by atoms with Crippen LogP contribution in [0.15, 0.2) is 18.2 Å². The highest BCUT2D eigenvalue weighted by Gasteiger charge is 2.28. The summed E-state index contributed by atoms with van der Waals surface area (Å²) in [6.45, 7) is 3.53. The number of fused-ring (bicyclic) bond motifs is 1. The van der Waals surface area contributed by atoms with Gasteiger partial charge < -0.3 is 14.9 Å². The number of hydrogen-bond acceptors (Lipinski definition) is 3. The molecule has 0 unspecified atom stereocenters. The van der Waals surface area contributed by atoms with Crippen LogP contribution in [-0.4, -0.2) is 28.9 Å². The Morgan fingerprint density at radius 3 is 2.94 bits per heavy atom. The lowest BCUT2D eigenvalue weighted by molar-refractivity contribution is -0.139. The number of carbonyl (C=O) groups is 1. The van der Waals surface area contributed by atoms with E-state index in [1.165, 1.54) is 0 Å². The van der Waals surface area contributed by atoms with Gasteiger partial charge in [0.05, 0.1) is 6.10 Å². The van der Waals surface area contributed by atoms with Gasteiger partial charge in [0.25, 0.3) is 0 Å². The van der Waals surface area contributed by atoms with Gasteiger partial charge in [-0.3, -0.25) is 0 Å². The van der Waals surface area contributed by atoms with E-state index in [0.29, 0.717) is 25.0 Å². The summed E-state index contributed by atoms with van der Waals surface area (Å²) in [5.41, 5.74) is 2.05. The quantitative estimate of drug-likeness (QED) is 0.853. The highest BCUT2D eigenvalue weighted by atomic mass is 16.5. The monoisotopic (exact) mass is 249 g/mol. The van der Waals surface area contributed by atoms with Crippen LogP contribution in [0.1, 0.15) is 29.9 Å². The Labute approximate surface area is 106 Å². The van der Waals surface area contributed by atoms with Gasteiger partial charge in [0, 0.05) is 5.92 Å². The number of aliphatic hydroxyl groups excluding tert-OH is 1. The smallest absolute Gasteiger partial charge is 0.341 e. The van der Waals surface area contributed by atoms with E-state index < -0.39 is 5.97 Å². The van der Waals surface area contributed by atoms with Crippen LogP contribution in [0.25, 0.3) is 0 Å². The molecule has 2 N–H and O–H groups in total. The molecule has 1 radical (unpaired) electrons. The average Bonchev–Trinajstić information content (AvgIpc) is 2.35. The van der Waals surface area contributed by atoms with Crippen LogP contribution in [0.4, 0.5) is 0 Å². The van der Waals surface area contributed by atoms with Crippen LogP contribution >= 0.6 is 0 Å². The van der Waals surface area contributed by atoms with Crippen molar-refractivity contribution in [2.45, 2.75) is 31.3 Å². The predicted molar refractivity (Wildman–Crippen MR) is 66.6 cm³/mol. The van der Waals surface area contributed by atoms with Crippen molar-refractivity contribution in [3.05, 3.63) is 36.2 Å². The molecular formula is C14H17O4. The molecule has 0 heterocycles.